The standard InChI is InChI=1S/C18H28N4O3/c1-4-12-25-16-15(6-5-9-20-16)13-21-18(19-2)22-10-7-14(8-11-22)17(23)24-3/h5-6,9,14H,4,7-8,10-13H2,1-3H3,(H,19,21). The molecule has 0 spiro atoms. The van der Waals surface area contributed by atoms with E-state index in [1.807, 2.05) is 12.1 Å². The number of nitrogens with one attached hydrogen (secondary N) is 1. The van der Waals surface area contributed by atoms with Crippen LogP contribution in [0.2, 0.25) is 0 Å². The third-order valence-electron chi connectivity index (χ3n) is 4.27. The Morgan fingerprint density at radius 1 is 1.44 bits per heavy atom. The number of likely N-dealkylation sites (tertiary alicyclic amines) is 1. The SMILES string of the molecule is CCCOc1ncccc1CNC(=NC)N1CCC(C(=O)OC)CC1. The third kappa shape index (κ3) is 5.34. The highest BCUT2D eigenvalue weighted by Crippen LogP contribution is 2.19. The highest BCUT2D eigenvalue weighted by atomic mass is 16.5. The van der Waals surface area contributed by atoms with E-state index in [1.165, 1.54) is 7.11 Å². The Bertz CT molecular complexity index is 583. The Kier molecular flexibility index (Phi) is 7.50. The van der Waals surface area contributed by atoms with Crippen LogP contribution < -0.4 is 10.1 Å². The van der Waals surface area contributed by atoms with Crippen molar-refractivity contribution in [2.24, 2.45) is 10.9 Å². The number of carbonyl (C=O) groups excluding carboxylic acids is 1. The van der Waals surface area contributed by atoms with E-state index in [-0.39, 0.29) is 11.9 Å². The van der Waals surface area contributed by atoms with E-state index in [1.54, 1.807) is 13.2 Å². The third-order valence-corrected chi connectivity index (χ3v) is 4.27. The normalized spacial score (nSPS) is 15.8. The van der Waals surface area contributed by atoms with Crippen molar-refractivity contribution in [2.45, 2.75) is 32.7 Å². The first-order chi connectivity index (χ1) is 12.2. The smallest absolute Gasteiger partial charge is 0.308 e. The molecule has 2 heterocycles. The Morgan fingerprint density at radius 2 is 2.20 bits per heavy atom. The summed E-state index contributed by atoms with van der Waals surface area (Å²) < 4.78 is 10.5. The number of pyridine rings is 1. The van der Waals surface area contributed by atoms with Gasteiger partial charge < -0.3 is 19.7 Å². The molecule has 0 aliphatic carbocycles. The molecule has 0 atom stereocenters. The first-order valence-electron chi connectivity index (χ1n) is 8.79. The fourth-order valence-corrected chi connectivity index (χ4v) is 2.89. The maximum atomic E-state index is 11.6. The van der Waals surface area contributed by atoms with Gasteiger partial charge in [-0.05, 0) is 25.3 Å². The predicted molar refractivity (Wildman–Crippen MR) is 96.5 cm³/mol. The number of nitrogens with zero attached hydrogens (tertiary/aromatic N) is 3. The van der Waals surface area contributed by atoms with E-state index in [0.29, 0.717) is 19.0 Å². The molecule has 1 N–H and O–H groups in total. The van der Waals surface area contributed by atoms with Crippen molar-refractivity contribution in [3.05, 3.63) is 23.9 Å². The number of guanidine groups is 1. The molecule has 7 heteroatoms. The van der Waals surface area contributed by atoms with Gasteiger partial charge in [0.15, 0.2) is 5.96 Å². The number of aliphatic imine (C=N–C) groups is 1. The number of aromatic nitrogens is 1. The van der Waals surface area contributed by atoms with Crippen LogP contribution in [0.4, 0.5) is 0 Å². The van der Waals surface area contributed by atoms with Crippen LogP contribution in [-0.2, 0) is 16.1 Å². The molecule has 0 bridgehead atoms. The molecule has 1 aliphatic heterocycles. The lowest BCUT2D eigenvalue weighted by Gasteiger charge is -2.33. The molecule has 25 heavy (non-hydrogen) atoms. The van der Waals surface area contributed by atoms with Crippen molar-refractivity contribution in [1.29, 1.82) is 0 Å². The molecule has 1 aliphatic rings. The first-order valence-corrected chi connectivity index (χ1v) is 8.79. The summed E-state index contributed by atoms with van der Waals surface area (Å²) in [5.74, 6) is 1.37. The summed E-state index contributed by atoms with van der Waals surface area (Å²) in [4.78, 5) is 22.5. The van der Waals surface area contributed by atoms with Gasteiger partial charge in [-0.3, -0.25) is 9.79 Å². The second-order valence-corrected chi connectivity index (χ2v) is 6.00. The van der Waals surface area contributed by atoms with E-state index in [0.717, 1.165) is 43.9 Å². The highest BCUT2D eigenvalue weighted by Gasteiger charge is 2.27. The van der Waals surface area contributed by atoms with Gasteiger partial charge >= 0.3 is 5.97 Å². The molecule has 0 amide bonds. The Labute approximate surface area is 149 Å². The minimum atomic E-state index is -0.115. The number of hydrogen-bond donors (Lipinski definition) is 1. The van der Waals surface area contributed by atoms with Crippen LogP contribution >= 0.6 is 0 Å². The predicted octanol–water partition coefficient (Wildman–Crippen LogP) is 1.83. The molecule has 0 unspecified atom stereocenters. The van der Waals surface area contributed by atoms with Gasteiger partial charge in [-0.25, -0.2) is 4.98 Å². The lowest BCUT2D eigenvalue weighted by molar-refractivity contribution is -0.146. The Balaban J connectivity index is 1.90. The van der Waals surface area contributed by atoms with E-state index >= 15 is 0 Å². The van der Waals surface area contributed by atoms with Crippen molar-refractivity contribution in [1.82, 2.24) is 15.2 Å². The van der Waals surface area contributed by atoms with Gasteiger partial charge in [-0.1, -0.05) is 13.0 Å². The molecule has 138 valence electrons. The maximum absolute atomic E-state index is 11.6. The maximum Gasteiger partial charge on any atom is 0.308 e. The first kappa shape index (κ1) is 19.0. The molecule has 1 aromatic rings. The average Bonchev–Trinajstić information content (AvgIpc) is 2.67. The summed E-state index contributed by atoms with van der Waals surface area (Å²) >= 11 is 0. The van der Waals surface area contributed by atoms with Gasteiger partial charge in [0.1, 0.15) is 0 Å². The quantitative estimate of drug-likeness (QED) is 0.480. The average molecular weight is 348 g/mol. The second-order valence-electron chi connectivity index (χ2n) is 6.00. The van der Waals surface area contributed by atoms with Gasteiger partial charge in [0.2, 0.25) is 5.88 Å². The van der Waals surface area contributed by atoms with Crippen LogP contribution in [0.3, 0.4) is 0 Å². The number of esters is 1. The van der Waals surface area contributed by atoms with E-state index in [2.05, 4.69) is 27.1 Å². The van der Waals surface area contributed by atoms with Gasteiger partial charge in [-0.2, -0.15) is 0 Å². The molecule has 0 aromatic carbocycles. The molecular formula is C18H28N4O3. The summed E-state index contributed by atoms with van der Waals surface area (Å²) in [6, 6.07) is 3.90. The molecular weight excluding hydrogens is 320 g/mol. The Hall–Kier alpha value is -2.31. The highest BCUT2D eigenvalue weighted by molar-refractivity contribution is 5.80. The van der Waals surface area contributed by atoms with E-state index in [4.69, 9.17) is 9.47 Å². The van der Waals surface area contributed by atoms with Crippen LogP contribution in [0.1, 0.15) is 31.7 Å². The number of hydrogen-bond acceptors (Lipinski definition) is 5. The van der Waals surface area contributed by atoms with Crippen molar-refractivity contribution in [3.8, 4) is 5.88 Å². The minimum Gasteiger partial charge on any atom is -0.477 e. The largest absolute Gasteiger partial charge is 0.477 e. The van der Waals surface area contributed by atoms with Crippen LogP contribution in [0, 0.1) is 5.92 Å². The van der Waals surface area contributed by atoms with Crippen molar-refractivity contribution >= 4 is 11.9 Å². The molecule has 0 saturated carbocycles. The Morgan fingerprint density at radius 3 is 2.84 bits per heavy atom. The van der Waals surface area contributed by atoms with Crippen molar-refractivity contribution < 1.29 is 14.3 Å². The van der Waals surface area contributed by atoms with Crippen LogP contribution in [-0.4, -0.2) is 55.7 Å². The lowest BCUT2D eigenvalue weighted by atomic mass is 9.97. The van der Waals surface area contributed by atoms with E-state index in [9.17, 15) is 4.79 Å². The fourth-order valence-electron chi connectivity index (χ4n) is 2.89. The van der Waals surface area contributed by atoms with Crippen molar-refractivity contribution in [2.75, 3.05) is 33.9 Å². The molecule has 2 rings (SSSR count). The van der Waals surface area contributed by atoms with E-state index < -0.39 is 0 Å². The molecule has 0 radical (unpaired) electrons. The van der Waals surface area contributed by atoms with Crippen LogP contribution in [0.25, 0.3) is 0 Å². The number of carbonyl (C=O) groups is 1. The monoisotopic (exact) mass is 348 g/mol. The van der Waals surface area contributed by atoms with Crippen LogP contribution in [0.5, 0.6) is 5.88 Å². The number of piperidine rings is 1. The summed E-state index contributed by atoms with van der Waals surface area (Å²) in [7, 11) is 3.22. The minimum absolute atomic E-state index is 0.00766. The number of methoxy groups -OCH3 is 1. The summed E-state index contributed by atoms with van der Waals surface area (Å²) in [6.45, 7) is 4.88. The number of ether oxygens (including phenoxy) is 2. The number of rotatable bonds is 6. The van der Waals surface area contributed by atoms with Crippen LogP contribution in [0.15, 0.2) is 23.3 Å². The fraction of sp³-hybridized carbons (Fsp3) is 0.611. The van der Waals surface area contributed by atoms with Gasteiger partial charge in [0, 0.05) is 38.4 Å². The molecule has 1 saturated heterocycles. The molecule has 7 nitrogen and oxygen atoms in total. The summed E-state index contributed by atoms with van der Waals surface area (Å²) in [5.41, 5.74) is 1.00. The zero-order valence-electron chi connectivity index (χ0n) is 15.3. The van der Waals surface area contributed by atoms with Gasteiger partial charge in [-0.15, -0.1) is 0 Å². The van der Waals surface area contributed by atoms with Gasteiger partial charge in [0.25, 0.3) is 0 Å². The molecule has 1 fully saturated rings. The van der Waals surface area contributed by atoms with Gasteiger partial charge in [0.05, 0.1) is 19.6 Å². The summed E-state index contributed by atoms with van der Waals surface area (Å²) in [6.07, 6.45) is 4.25. The van der Waals surface area contributed by atoms with Crippen molar-refractivity contribution in [3.63, 3.8) is 0 Å². The lowest BCUT2D eigenvalue weighted by Crippen LogP contribution is -2.46. The zero-order chi connectivity index (χ0) is 18.1. The molecule has 1 aromatic heterocycles. The topological polar surface area (TPSA) is 76.0 Å². The second kappa shape index (κ2) is 9.86. The zero-order valence-corrected chi connectivity index (χ0v) is 15.3. The summed E-state index contributed by atoms with van der Waals surface area (Å²) in [5, 5.41) is 3.37.